The number of amides is 2. The molecule has 26 heavy (non-hydrogen) atoms. The Morgan fingerprint density at radius 3 is 2.27 bits per heavy atom. The van der Waals surface area contributed by atoms with E-state index in [0.717, 1.165) is 4.90 Å². The highest BCUT2D eigenvalue weighted by Gasteiger charge is 2.47. The predicted octanol–water partition coefficient (Wildman–Crippen LogP) is 2.32. The molecule has 0 spiro atoms. The Labute approximate surface area is 149 Å². The first-order valence-electron chi connectivity index (χ1n) is 8.10. The van der Waals surface area contributed by atoms with Gasteiger partial charge in [-0.05, 0) is 34.6 Å². The van der Waals surface area contributed by atoms with E-state index in [0.29, 0.717) is 0 Å². The molecule has 1 fully saturated rings. The number of nitrogens with zero attached hydrogens (tertiary/aromatic N) is 2. The van der Waals surface area contributed by atoms with Crippen molar-refractivity contribution in [2.45, 2.75) is 71.1 Å². The Morgan fingerprint density at radius 1 is 1.23 bits per heavy atom. The number of amidine groups is 1. The van der Waals surface area contributed by atoms with Crippen LogP contribution in [0.3, 0.4) is 0 Å². The van der Waals surface area contributed by atoms with Gasteiger partial charge in [0.15, 0.2) is 0 Å². The van der Waals surface area contributed by atoms with Gasteiger partial charge < -0.3 is 4.74 Å². The highest BCUT2D eigenvalue weighted by Crippen LogP contribution is 2.29. The van der Waals surface area contributed by atoms with Crippen LogP contribution in [0.2, 0.25) is 0 Å². The van der Waals surface area contributed by atoms with Crippen molar-refractivity contribution in [3.05, 3.63) is 0 Å². The van der Waals surface area contributed by atoms with Gasteiger partial charge in [0.1, 0.15) is 17.8 Å². The van der Waals surface area contributed by atoms with Crippen molar-refractivity contribution in [2.75, 3.05) is 6.54 Å². The summed E-state index contributed by atoms with van der Waals surface area (Å²) in [6.07, 6.45) is -7.56. The first kappa shape index (κ1) is 22.0. The summed E-state index contributed by atoms with van der Waals surface area (Å²) in [5.41, 5.74) is 2.67. The molecule has 0 saturated carbocycles. The molecule has 7 nitrogen and oxygen atoms in total. The van der Waals surface area contributed by atoms with Gasteiger partial charge in [0.2, 0.25) is 5.84 Å². The standard InChI is InChI=1S/C15H24F4N4O3/c1-6-20-12(15(17,18)19)22-21-11(24)10-7-9(16)8(2)23(10)13(25)26-14(3,4)5/h8-10H,6-7H2,1-5H3,(H,20,22)(H,21,24)/t8-,9+,10-/m0/s1. The van der Waals surface area contributed by atoms with E-state index in [-0.39, 0.29) is 13.0 Å². The van der Waals surface area contributed by atoms with Crippen LogP contribution in [0.15, 0.2) is 4.99 Å². The fourth-order valence-corrected chi connectivity index (χ4v) is 2.39. The van der Waals surface area contributed by atoms with E-state index < -0.39 is 47.9 Å². The van der Waals surface area contributed by atoms with Crippen molar-refractivity contribution in [3.63, 3.8) is 0 Å². The average Bonchev–Trinajstić information content (AvgIpc) is 2.76. The predicted molar refractivity (Wildman–Crippen MR) is 86.1 cm³/mol. The van der Waals surface area contributed by atoms with Crippen molar-refractivity contribution in [3.8, 4) is 0 Å². The minimum Gasteiger partial charge on any atom is -0.444 e. The molecule has 1 rings (SSSR count). The van der Waals surface area contributed by atoms with Crippen LogP contribution in [0.4, 0.5) is 22.4 Å². The summed E-state index contributed by atoms with van der Waals surface area (Å²) >= 11 is 0. The molecule has 0 unspecified atom stereocenters. The first-order chi connectivity index (χ1) is 11.8. The Kier molecular flexibility index (Phi) is 6.83. The molecule has 2 N–H and O–H groups in total. The molecule has 1 saturated heterocycles. The Morgan fingerprint density at radius 2 is 1.81 bits per heavy atom. The van der Waals surface area contributed by atoms with E-state index in [2.05, 4.69) is 4.99 Å². The van der Waals surface area contributed by atoms with Crippen LogP contribution < -0.4 is 10.9 Å². The number of rotatable bonds is 2. The van der Waals surface area contributed by atoms with Crippen molar-refractivity contribution < 1.29 is 31.9 Å². The number of carbonyl (C=O) groups excluding carboxylic acids is 2. The highest BCUT2D eigenvalue weighted by atomic mass is 19.4. The summed E-state index contributed by atoms with van der Waals surface area (Å²) in [6.45, 7) is 7.44. The largest absolute Gasteiger partial charge is 0.450 e. The topological polar surface area (TPSA) is 83.0 Å². The maximum atomic E-state index is 14.0. The summed E-state index contributed by atoms with van der Waals surface area (Å²) in [5.74, 6) is -2.38. The van der Waals surface area contributed by atoms with E-state index in [9.17, 15) is 27.2 Å². The fourth-order valence-electron chi connectivity index (χ4n) is 2.39. The van der Waals surface area contributed by atoms with Gasteiger partial charge in [-0.2, -0.15) is 13.2 Å². The number of ether oxygens (including phenoxy) is 1. The van der Waals surface area contributed by atoms with Crippen LogP contribution in [-0.2, 0) is 9.53 Å². The van der Waals surface area contributed by atoms with Crippen LogP contribution in [0, 0.1) is 0 Å². The fraction of sp³-hybridized carbons (Fsp3) is 0.800. The highest BCUT2D eigenvalue weighted by molar-refractivity contribution is 5.92. The molecule has 1 heterocycles. The molecule has 2 amide bonds. The van der Waals surface area contributed by atoms with Gasteiger partial charge in [-0.3, -0.25) is 25.5 Å². The van der Waals surface area contributed by atoms with Gasteiger partial charge in [0, 0.05) is 13.0 Å². The summed E-state index contributed by atoms with van der Waals surface area (Å²) in [7, 11) is 0. The van der Waals surface area contributed by atoms with Gasteiger partial charge in [0.05, 0.1) is 6.04 Å². The average molecular weight is 384 g/mol. The van der Waals surface area contributed by atoms with Gasteiger partial charge >= 0.3 is 12.3 Å². The van der Waals surface area contributed by atoms with E-state index in [1.54, 1.807) is 26.2 Å². The zero-order chi connectivity index (χ0) is 20.3. The minimum atomic E-state index is -4.79. The molecule has 0 radical (unpaired) electrons. The quantitative estimate of drug-likeness (QED) is 0.331. The smallest absolute Gasteiger partial charge is 0.444 e. The van der Waals surface area contributed by atoms with Crippen molar-refractivity contribution >= 4 is 17.8 Å². The summed E-state index contributed by atoms with van der Waals surface area (Å²) < 4.78 is 57.5. The molecule has 150 valence electrons. The lowest BCUT2D eigenvalue weighted by molar-refractivity contribution is -0.126. The number of nitrogens with one attached hydrogen (secondary N) is 2. The van der Waals surface area contributed by atoms with Crippen LogP contribution in [0.5, 0.6) is 0 Å². The third kappa shape index (κ3) is 5.73. The first-order valence-corrected chi connectivity index (χ1v) is 8.10. The molecular weight excluding hydrogens is 360 g/mol. The lowest BCUT2D eigenvalue weighted by Crippen LogP contribution is -2.55. The Bertz CT molecular complexity index is 560. The Hall–Kier alpha value is -2.07. The maximum Gasteiger partial charge on any atom is 0.450 e. The monoisotopic (exact) mass is 384 g/mol. The van der Waals surface area contributed by atoms with Crippen LogP contribution in [0.1, 0.15) is 41.0 Å². The molecule has 0 bridgehead atoms. The van der Waals surface area contributed by atoms with Crippen molar-refractivity contribution in [1.29, 1.82) is 0 Å². The number of likely N-dealkylation sites (tertiary alicyclic amines) is 1. The molecule has 11 heteroatoms. The van der Waals surface area contributed by atoms with Crippen LogP contribution >= 0.6 is 0 Å². The molecule has 0 aromatic rings. The van der Waals surface area contributed by atoms with Gasteiger partial charge in [-0.15, -0.1) is 0 Å². The molecular formula is C15H24F4N4O3. The second kappa shape index (κ2) is 8.09. The van der Waals surface area contributed by atoms with E-state index in [4.69, 9.17) is 4.74 Å². The maximum absolute atomic E-state index is 14.0. The third-order valence-electron chi connectivity index (χ3n) is 3.54. The van der Waals surface area contributed by atoms with E-state index in [1.165, 1.54) is 13.8 Å². The SMILES string of the molecule is CCN=C(NNC(=O)[C@@H]1C[C@@H](F)[C@H](C)N1C(=O)OC(C)(C)C)C(F)(F)F. The van der Waals surface area contributed by atoms with Crippen LogP contribution in [-0.4, -0.2) is 59.3 Å². The zero-order valence-corrected chi connectivity index (χ0v) is 15.3. The summed E-state index contributed by atoms with van der Waals surface area (Å²) in [5, 5.41) is 0. The van der Waals surface area contributed by atoms with E-state index >= 15 is 0 Å². The number of alkyl halides is 4. The number of carbonyl (C=O) groups is 2. The lowest BCUT2D eigenvalue weighted by Gasteiger charge is -2.30. The zero-order valence-electron chi connectivity index (χ0n) is 15.3. The molecule has 1 aliphatic heterocycles. The number of aliphatic imine (C=N–C) groups is 1. The summed E-state index contributed by atoms with van der Waals surface area (Å²) in [4.78, 5) is 28.6. The molecule has 0 aliphatic carbocycles. The normalized spacial score (nSPS) is 24.4. The second-order valence-corrected chi connectivity index (χ2v) is 6.83. The van der Waals surface area contributed by atoms with Gasteiger partial charge in [-0.25, -0.2) is 9.18 Å². The van der Waals surface area contributed by atoms with Gasteiger partial charge in [-0.1, -0.05) is 0 Å². The number of hydrogen-bond donors (Lipinski definition) is 2. The summed E-state index contributed by atoms with van der Waals surface area (Å²) in [6, 6.07) is -2.26. The molecule has 1 aliphatic rings. The molecule has 0 aromatic heterocycles. The molecule has 0 aromatic carbocycles. The number of hydrazine groups is 1. The van der Waals surface area contributed by atoms with E-state index in [1.807, 2.05) is 5.43 Å². The Balaban J connectivity index is 2.88. The minimum absolute atomic E-state index is 0.158. The van der Waals surface area contributed by atoms with Gasteiger partial charge in [0.25, 0.3) is 5.91 Å². The van der Waals surface area contributed by atoms with Crippen molar-refractivity contribution in [2.24, 2.45) is 4.99 Å². The number of halogens is 4. The third-order valence-corrected chi connectivity index (χ3v) is 3.54. The van der Waals surface area contributed by atoms with Crippen LogP contribution in [0.25, 0.3) is 0 Å². The lowest BCUT2D eigenvalue weighted by atomic mass is 10.2. The van der Waals surface area contributed by atoms with Crippen molar-refractivity contribution in [1.82, 2.24) is 15.8 Å². The number of hydrogen-bond acceptors (Lipinski definition) is 4. The molecule has 3 atom stereocenters. The second-order valence-electron chi connectivity index (χ2n) is 6.83.